The van der Waals surface area contributed by atoms with Gasteiger partial charge in [-0.25, -0.2) is 4.79 Å². The number of halogens is 1. The summed E-state index contributed by atoms with van der Waals surface area (Å²) in [6.45, 7) is 13.6. The van der Waals surface area contributed by atoms with Gasteiger partial charge in [0.2, 0.25) is 0 Å². The Morgan fingerprint density at radius 3 is 2.26 bits per heavy atom. The maximum absolute atomic E-state index is 12.5. The number of rotatable bonds is 5. The molecule has 31 heavy (non-hydrogen) atoms. The molecule has 0 spiro atoms. The normalized spacial score (nSPS) is 20.9. The molecule has 2 saturated heterocycles. The second-order valence-electron chi connectivity index (χ2n) is 9.24. The summed E-state index contributed by atoms with van der Waals surface area (Å²) in [5.41, 5.74) is -0.532. The van der Waals surface area contributed by atoms with Crippen LogP contribution in [0.15, 0.2) is 4.99 Å². The van der Waals surface area contributed by atoms with Crippen molar-refractivity contribution in [3.63, 3.8) is 0 Å². The first-order valence-electron chi connectivity index (χ1n) is 11.0. The van der Waals surface area contributed by atoms with Gasteiger partial charge in [0.1, 0.15) is 11.7 Å². The molecule has 0 aromatic rings. The quantitative estimate of drug-likeness (QED) is 0.308. The highest BCUT2D eigenvalue weighted by Gasteiger charge is 2.31. The van der Waals surface area contributed by atoms with Crippen LogP contribution >= 0.6 is 24.0 Å². The highest BCUT2D eigenvalue weighted by atomic mass is 127. The number of aliphatic imine (C=N–C) groups is 1. The van der Waals surface area contributed by atoms with Crippen LogP contribution in [0.2, 0.25) is 0 Å². The van der Waals surface area contributed by atoms with E-state index in [-0.39, 0.29) is 47.9 Å². The molecule has 2 rings (SSSR count). The van der Waals surface area contributed by atoms with Gasteiger partial charge in [0.05, 0.1) is 6.04 Å². The number of nitrogens with zero attached hydrogens (tertiary/aromatic N) is 3. The fourth-order valence-corrected chi connectivity index (χ4v) is 3.56. The van der Waals surface area contributed by atoms with Crippen LogP contribution in [0, 0.1) is 5.92 Å². The van der Waals surface area contributed by atoms with E-state index < -0.39 is 11.7 Å². The van der Waals surface area contributed by atoms with Crippen molar-refractivity contribution in [1.29, 1.82) is 0 Å². The number of piperazine rings is 1. The molecule has 2 atom stereocenters. The zero-order chi connectivity index (χ0) is 22.3. The SMILES string of the molecule is CN=C(NCC(NC(=O)OC(C)(C)C)C(C)C)N1CCN(C(=O)C2CCCO2)CC1.I. The maximum Gasteiger partial charge on any atom is 0.407 e. The third-order valence-electron chi connectivity index (χ3n) is 5.29. The smallest absolute Gasteiger partial charge is 0.407 e. The van der Waals surface area contributed by atoms with E-state index in [1.54, 1.807) is 7.05 Å². The molecule has 10 heteroatoms. The number of guanidine groups is 1. The summed E-state index contributed by atoms with van der Waals surface area (Å²) in [5, 5.41) is 6.31. The van der Waals surface area contributed by atoms with Gasteiger partial charge in [0.25, 0.3) is 5.91 Å². The number of alkyl carbamates (subject to hydrolysis) is 1. The summed E-state index contributed by atoms with van der Waals surface area (Å²) in [6, 6.07) is -0.0982. The molecule has 0 radical (unpaired) electrons. The number of carbonyl (C=O) groups excluding carboxylic acids is 2. The molecule has 0 aromatic heterocycles. The van der Waals surface area contributed by atoms with E-state index in [9.17, 15) is 9.59 Å². The Labute approximate surface area is 203 Å². The molecule has 2 fully saturated rings. The van der Waals surface area contributed by atoms with Crippen molar-refractivity contribution in [3.8, 4) is 0 Å². The van der Waals surface area contributed by atoms with Gasteiger partial charge in [-0.05, 0) is 39.5 Å². The second kappa shape index (κ2) is 12.7. The summed E-state index contributed by atoms with van der Waals surface area (Å²) in [7, 11) is 1.75. The minimum absolute atomic E-state index is 0. The van der Waals surface area contributed by atoms with Crippen molar-refractivity contribution in [1.82, 2.24) is 20.4 Å². The predicted molar refractivity (Wildman–Crippen MR) is 132 cm³/mol. The van der Waals surface area contributed by atoms with Gasteiger partial charge in [-0.2, -0.15) is 0 Å². The van der Waals surface area contributed by atoms with Crippen LogP contribution in [0.5, 0.6) is 0 Å². The maximum atomic E-state index is 12.5. The predicted octanol–water partition coefficient (Wildman–Crippen LogP) is 2.05. The van der Waals surface area contributed by atoms with E-state index in [4.69, 9.17) is 9.47 Å². The van der Waals surface area contributed by atoms with E-state index in [0.717, 1.165) is 18.8 Å². The monoisotopic (exact) mass is 553 g/mol. The molecule has 180 valence electrons. The van der Waals surface area contributed by atoms with Crippen molar-refractivity contribution in [3.05, 3.63) is 0 Å². The Kier molecular flexibility index (Phi) is 11.3. The van der Waals surface area contributed by atoms with Crippen molar-refractivity contribution < 1.29 is 19.1 Å². The topological polar surface area (TPSA) is 95.5 Å². The van der Waals surface area contributed by atoms with Crippen LogP contribution in [0.3, 0.4) is 0 Å². The minimum atomic E-state index is -0.532. The highest BCUT2D eigenvalue weighted by Crippen LogP contribution is 2.16. The van der Waals surface area contributed by atoms with E-state index in [2.05, 4.69) is 34.4 Å². The van der Waals surface area contributed by atoms with Gasteiger partial charge >= 0.3 is 6.09 Å². The van der Waals surface area contributed by atoms with Crippen LogP contribution in [-0.2, 0) is 14.3 Å². The lowest BCUT2D eigenvalue weighted by Crippen LogP contribution is -2.57. The zero-order valence-electron chi connectivity index (χ0n) is 19.8. The van der Waals surface area contributed by atoms with E-state index in [0.29, 0.717) is 39.3 Å². The van der Waals surface area contributed by atoms with Crippen molar-refractivity contribution in [2.45, 2.75) is 65.2 Å². The van der Waals surface area contributed by atoms with Crippen LogP contribution in [0.25, 0.3) is 0 Å². The number of nitrogens with one attached hydrogen (secondary N) is 2. The first-order valence-corrected chi connectivity index (χ1v) is 11.0. The molecule has 2 heterocycles. The number of hydrogen-bond donors (Lipinski definition) is 2. The van der Waals surface area contributed by atoms with Crippen LogP contribution < -0.4 is 10.6 Å². The molecule has 2 aliphatic rings. The van der Waals surface area contributed by atoms with Gasteiger partial charge in [0, 0.05) is 46.4 Å². The van der Waals surface area contributed by atoms with Crippen molar-refractivity contribution in [2.24, 2.45) is 10.9 Å². The molecule has 2 unspecified atom stereocenters. The third-order valence-corrected chi connectivity index (χ3v) is 5.29. The summed E-state index contributed by atoms with van der Waals surface area (Å²) >= 11 is 0. The summed E-state index contributed by atoms with van der Waals surface area (Å²) in [6.07, 6.45) is 1.10. The van der Waals surface area contributed by atoms with Gasteiger partial charge in [-0.1, -0.05) is 13.8 Å². The molecule has 0 aliphatic carbocycles. The van der Waals surface area contributed by atoms with Crippen LogP contribution in [0.4, 0.5) is 4.79 Å². The van der Waals surface area contributed by atoms with Gasteiger partial charge in [-0.3, -0.25) is 9.79 Å². The Bertz CT molecular complexity index is 609. The largest absolute Gasteiger partial charge is 0.444 e. The van der Waals surface area contributed by atoms with Gasteiger partial charge in [-0.15, -0.1) is 24.0 Å². The molecule has 0 bridgehead atoms. The molecule has 9 nitrogen and oxygen atoms in total. The fraction of sp³-hybridized carbons (Fsp3) is 0.857. The number of amides is 2. The third kappa shape index (κ3) is 8.99. The average molecular weight is 553 g/mol. The first-order chi connectivity index (χ1) is 14.1. The second-order valence-corrected chi connectivity index (χ2v) is 9.24. The molecule has 2 N–H and O–H groups in total. The Hall–Kier alpha value is -1.30. The number of carbonyl (C=O) groups is 2. The van der Waals surface area contributed by atoms with Gasteiger partial charge < -0.3 is 29.9 Å². The first kappa shape index (κ1) is 27.7. The molecular formula is C21H40IN5O4. The van der Waals surface area contributed by atoms with E-state index in [1.807, 2.05) is 25.7 Å². The van der Waals surface area contributed by atoms with E-state index in [1.165, 1.54) is 0 Å². The molecule has 0 aromatic carbocycles. The average Bonchev–Trinajstić information content (AvgIpc) is 3.20. The van der Waals surface area contributed by atoms with Gasteiger partial charge in [0.15, 0.2) is 5.96 Å². The lowest BCUT2D eigenvalue weighted by atomic mass is 10.0. The van der Waals surface area contributed by atoms with E-state index >= 15 is 0 Å². The molecule has 2 amide bonds. The minimum Gasteiger partial charge on any atom is -0.444 e. The Morgan fingerprint density at radius 1 is 1.16 bits per heavy atom. The summed E-state index contributed by atoms with van der Waals surface area (Å²) in [5.74, 6) is 1.11. The lowest BCUT2D eigenvalue weighted by molar-refractivity contribution is -0.142. The van der Waals surface area contributed by atoms with Crippen LogP contribution in [0.1, 0.15) is 47.5 Å². The summed E-state index contributed by atoms with van der Waals surface area (Å²) in [4.78, 5) is 33.1. The summed E-state index contributed by atoms with van der Waals surface area (Å²) < 4.78 is 10.9. The zero-order valence-corrected chi connectivity index (χ0v) is 22.1. The standard InChI is InChI=1S/C21H39N5O4.HI/c1-15(2)16(24-20(28)30-21(3,4)5)14-23-19(22-6)26-11-9-25(10-12-26)18(27)17-8-7-13-29-17;/h15-17H,7-14H2,1-6H3,(H,22,23)(H,24,28);1H. The van der Waals surface area contributed by atoms with Crippen molar-refractivity contribution in [2.75, 3.05) is 46.4 Å². The highest BCUT2D eigenvalue weighted by molar-refractivity contribution is 14.0. The molecule has 0 saturated carbocycles. The fourth-order valence-electron chi connectivity index (χ4n) is 3.56. The Balaban J connectivity index is 0.00000480. The van der Waals surface area contributed by atoms with Crippen LogP contribution in [-0.4, -0.2) is 91.9 Å². The molecule has 2 aliphatic heterocycles. The number of ether oxygens (including phenoxy) is 2. The van der Waals surface area contributed by atoms with Crippen molar-refractivity contribution >= 4 is 41.9 Å². The Morgan fingerprint density at radius 2 is 1.77 bits per heavy atom. The number of hydrogen-bond acceptors (Lipinski definition) is 5. The molecular weight excluding hydrogens is 513 g/mol. The lowest BCUT2D eigenvalue weighted by Gasteiger charge is -2.37.